The lowest BCUT2D eigenvalue weighted by Gasteiger charge is -2.24. The number of halogens is 1. The van der Waals surface area contributed by atoms with Crippen LogP contribution in [0.2, 0.25) is 5.02 Å². The molecule has 8 nitrogen and oxygen atoms in total. The molecule has 1 aliphatic heterocycles. The van der Waals surface area contributed by atoms with Crippen molar-refractivity contribution in [3.63, 3.8) is 0 Å². The van der Waals surface area contributed by atoms with Crippen LogP contribution < -0.4 is 19.9 Å². The summed E-state index contributed by atoms with van der Waals surface area (Å²) < 4.78 is 18.8. The number of β-amino-alcohol motifs (C(OH)–C–C–N with tert-alkyl or cyclic N) is 1. The standard InChI is InChI=1S/C38H41ClN4O4/c1-25-29(22-46-37-15-36(30(17-41)14-34(37)39)45-21-28-13-27(16-40)18-42-19-28)5-3-6-32(25)33-7-4-8-35(26(33)2)47-24-38(10-11-38)23-43-12-9-31(44)20-43/h3-8,13-15,18-19,31,44H,9-12,17,20-24,41H2,1-2H3. The van der Waals surface area contributed by atoms with Crippen molar-refractivity contribution < 1.29 is 19.3 Å². The third kappa shape index (κ3) is 7.72. The van der Waals surface area contributed by atoms with Crippen molar-refractivity contribution in [2.45, 2.75) is 59.0 Å². The highest BCUT2D eigenvalue weighted by molar-refractivity contribution is 6.32. The molecule has 3 aromatic carbocycles. The van der Waals surface area contributed by atoms with Crippen molar-refractivity contribution in [2.24, 2.45) is 11.1 Å². The quantitative estimate of drug-likeness (QED) is 0.163. The van der Waals surface area contributed by atoms with Gasteiger partial charge in [0.25, 0.3) is 0 Å². The van der Waals surface area contributed by atoms with Gasteiger partial charge in [-0.1, -0.05) is 41.9 Å². The average molecular weight is 653 g/mol. The molecule has 0 bridgehead atoms. The number of pyridine rings is 1. The number of ether oxygens (including phenoxy) is 3. The Morgan fingerprint density at radius 3 is 2.45 bits per heavy atom. The van der Waals surface area contributed by atoms with E-state index in [0.717, 1.165) is 70.7 Å². The van der Waals surface area contributed by atoms with Crippen LogP contribution in [0, 0.1) is 30.6 Å². The van der Waals surface area contributed by atoms with Gasteiger partial charge < -0.3 is 25.1 Å². The van der Waals surface area contributed by atoms with Gasteiger partial charge in [0.15, 0.2) is 0 Å². The fourth-order valence-electron chi connectivity index (χ4n) is 6.30. The highest BCUT2D eigenvalue weighted by Crippen LogP contribution is 2.47. The van der Waals surface area contributed by atoms with Crippen LogP contribution in [-0.4, -0.2) is 47.3 Å². The van der Waals surface area contributed by atoms with Gasteiger partial charge in [-0.05, 0) is 79.1 Å². The molecule has 3 N–H and O–H groups in total. The molecule has 2 aliphatic rings. The van der Waals surface area contributed by atoms with Gasteiger partial charge in [0.1, 0.15) is 36.5 Å². The molecule has 0 spiro atoms. The lowest BCUT2D eigenvalue weighted by Crippen LogP contribution is -2.32. The van der Waals surface area contributed by atoms with Crippen LogP contribution in [0.4, 0.5) is 0 Å². The van der Waals surface area contributed by atoms with Gasteiger partial charge in [-0.25, -0.2) is 0 Å². The normalized spacial score (nSPS) is 16.9. The van der Waals surface area contributed by atoms with Gasteiger partial charge in [0.2, 0.25) is 0 Å². The van der Waals surface area contributed by atoms with Crippen LogP contribution in [0.1, 0.15) is 52.6 Å². The van der Waals surface area contributed by atoms with Crippen LogP contribution in [0.5, 0.6) is 17.2 Å². The lowest BCUT2D eigenvalue weighted by atomic mass is 9.93. The average Bonchev–Trinajstić information content (AvgIpc) is 3.73. The molecule has 6 rings (SSSR count). The Balaban J connectivity index is 1.14. The van der Waals surface area contributed by atoms with E-state index in [1.165, 1.54) is 19.0 Å². The number of aliphatic hydroxyl groups excluding tert-OH is 1. The van der Waals surface area contributed by atoms with E-state index in [0.29, 0.717) is 35.3 Å². The fourth-order valence-corrected chi connectivity index (χ4v) is 6.55. The minimum absolute atomic E-state index is 0.188. The Morgan fingerprint density at radius 1 is 0.957 bits per heavy atom. The number of likely N-dealkylation sites (tertiary alicyclic amines) is 1. The summed E-state index contributed by atoms with van der Waals surface area (Å²) in [5.74, 6) is 1.97. The summed E-state index contributed by atoms with van der Waals surface area (Å²) in [7, 11) is 0. The minimum atomic E-state index is -0.196. The van der Waals surface area contributed by atoms with Crippen LogP contribution in [0.25, 0.3) is 11.1 Å². The molecule has 1 saturated heterocycles. The van der Waals surface area contributed by atoms with Crippen molar-refractivity contribution in [1.29, 1.82) is 5.26 Å². The van der Waals surface area contributed by atoms with E-state index in [-0.39, 0.29) is 24.7 Å². The number of aliphatic hydroxyl groups is 1. The molecule has 1 atom stereocenters. The first kappa shape index (κ1) is 32.8. The third-order valence-corrected chi connectivity index (χ3v) is 9.65. The Morgan fingerprint density at radius 2 is 1.72 bits per heavy atom. The number of rotatable bonds is 13. The molecule has 9 heteroatoms. The molecule has 47 heavy (non-hydrogen) atoms. The second-order valence-corrected chi connectivity index (χ2v) is 13.3. The molecule has 2 fully saturated rings. The van der Waals surface area contributed by atoms with Gasteiger partial charge in [0, 0.05) is 61.2 Å². The first-order valence-corrected chi connectivity index (χ1v) is 16.5. The molecule has 4 aromatic rings. The van der Waals surface area contributed by atoms with E-state index in [1.807, 2.05) is 0 Å². The number of hydrogen-bond donors (Lipinski definition) is 2. The van der Waals surface area contributed by atoms with E-state index in [4.69, 9.17) is 31.5 Å². The van der Waals surface area contributed by atoms with E-state index in [2.05, 4.69) is 66.2 Å². The Hall–Kier alpha value is -4.13. The summed E-state index contributed by atoms with van der Waals surface area (Å²) in [5, 5.41) is 19.6. The summed E-state index contributed by atoms with van der Waals surface area (Å²) in [6.45, 7) is 8.44. The zero-order valence-electron chi connectivity index (χ0n) is 27.0. The SMILES string of the molecule is Cc1c(COc2cc(OCc3cncc(C#N)c3)c(CN)cc2Cl)cccc1-c1cccc(OCC2(CN3CCC(O)C3)CC2)c1C. The van der Waals surface area contributed by atoms with Crippen molar-refractivity contribution in [3.8, 4) is 34.4 Å². The maximum absolute atomic E-state index is 9.94. The molecule has 1 aliphatic carbocycles. The molecule has 0 amide bonds. The maximum Gasteiger partial charge on any atom is 0.142 e. The molecular weight excluding hydrogens is 612 g/mol. The first-order valence-electron chi connectivity index (χ1n) is 16.1. The van der Waals surface area contributed by atoms with Gasteiger partial charge in [-0.15, -0.1) is 0 Å². The predicted molar refractivity (Wildman–Crippen MR) is 183 cm³/mol. The largest absolute Gasteiger partial charge is 0.493 e. The second-order valence-electron chi connectivity index (χ2n) is 12.9. The monoisotopic (exact) mass is 652 g/mol. The number of benzene rings is 3. The fraction of sp³-hybridized carbons (Fsp3) is 0.368. The Bertz CT molecular complexity index is 1780. The number of hydrogen-bond acceptors (Lipinski definition) is 8. The minimum Gasteiger partial charge on any atom is -0.493 e. The number of nitrogens with zero attached hydrogens (tertiary/aromatic N) is 3. The van der Waals surface area contributed by atoms with Crippen molar-refractivity contribution in [3.05, 3.63) is 105 Å². The zero-order valence-corrected chi connectivity index (χ0v) is 27.7. The van der Waals surface area contributed by atoms with E-state index in [1.54, 1.807) is 24.4 Å². The lowest BCUT2D eigenvalue weighted by molar-refractivity contribution is 0.148. The number of nitriles is 1. The maximum atomic E-state index is 9.94. The summed E-state index contributed by atoms with van der Waals surface area (Å²) in [6.07, 6.45) is 6.18. The van der Waals surface area contributed by atoms with Crippen LogP contribution in [0.3, 0.4) is 0 Å². The van der Waals surface area contributed by atoms with Crippen molar-refractivity contribution >= 4 is 11.6 Å². The molecule has 244 valence electrons. The molecule has 1 unspecified atom stereocenters. The van der Waals surface area contributed by atoms with E-state index >= 15 is 0 Å². The highest BCUT2D eigenvalue weighted by atomic mass is 35.5. The first-order chi connectivity index (χ1) is 22.8. The van der Waals surface area contributed by atoms with Gasteiger partial charge >= 0.3 is 0 Å². The predicted octanol–water partition coefficient (Wildman–Crippen LogP) is 6.73. The molecule has 1 aromatic heterocycles. The topological polar surface area (TPSA) is 114 Å². The van der Waals surface area contributed by atoms with Gasteiger partial charge in [-0.3, -0.25) is 9.88 Å². The number of aromatic nitrogens is 1. The smallest absolute Gasteiger partial charge is 0.142 e. The summed E-state index contributed by atoms with van der Waals surface area (Å²) >= 11 is 6.62. The summed E-state index contributed by atoms with van der Waals surface area (Å²) in [5.41, 5.74) is 13.7. The second kappa shape index (κ2) is 14.3. The Kier molecular flexibility index (Phi) is 10.00. The van der Waals surface area contributed by atoms with Crippen LogP contribution in [-0.2, 0) is 19.8 Å². The van der Waals surface area contributed by atoms with Crippen LogP contribution >= 0.6 is 11.6 Å². The Labute approximate surface area is 281 Å². The molecule has 2 heterocycles. The van der Waals surface area contributed by atoms with Crippen LogP contribution in [0.15, 0.2) is 67.0 Å². The van der Waals surface area contributed by atoms with Gasteiger partial charge in [-0.2, -0.15) is 5.26 Å². The molecular formula is C38H41ClN4O4. The molecule has 1 saturated carbocycles. The van der Waals surface area contributed by atoms with E-state index < -0.39 is 0 Å². The zero-order chi connectivity index (χ0) is 33.0. The van der Waals surface area contributed by atoms with Gasteiger partial charge in [0.05, 0.1) is 23.3 Å². The summed E-state index contributed by atoms with van der Waals surface area (Å²) in [4.78, 5) is 6.48. The molecule has 0 radical (unpaired) electrons. The van der Waals surface area contributed by atoms with Crippen molar-refractivity contribution in [1.82, 2.24) is 9.88 Å². The number of nitrogens with two attached hydrogens (primary N) is 1. The highest BCUT2D eigenvalue weighted by Gasteiger charge is 2.45. The van der Waals surface area contributed by atoms with E-state index in [9.17, 15) is 10.4 Å². The third-order valence-electron chi connectivity index (χ3n) is 9.35. The summed E-state index contributed by atoms with van der Waals surface area (Å²) in [6, 6.07) is 19.9. The van der Waals surface area contributed by atoms with Crippen molar-refractivity contribution in [2.75, 3.05) is 26.2 Å².